The molecule has 1 aromatic heterocycles. The van der Waals surface area contributed by atoms with Gasteiger partial charge in [-0.05, 0) is 25.5 Å². The summed E-state index contributed by atoms with van der Waals surface area (Å²) >= 11 is 0. The van der Waals surface area contributed by atoms with Crippen molar-refractivity contribution in [2.24, 2.45) is 0 Å². The number of amides is 1. The van der Waals surface area contributed by atoms with Crippen molar-refractivity contribution in [2.75, 3.05) is 31.7 Å². The Morgan fingerprint density at radius 2 is 2.50 bits per heavy atom. The smallest absolute Gasteiger partial charge is 0.253 e. The van der Waals surface area contributed by atoms with Crippen molar-refractivity contribution >= 4 is 11.7 Å². The molecule has 2 unspecified atom stereocenters. The van der Waals surface area contributed by atoms with Crippen molar-refractivity contribution in [3.05, 3.63) is 23.9 Å². The summed E-state index contributed by atoms with van der Waals surface area (Å²) in [5.41, 5.74) is 0.479. The molecule has 1 aliphatic heterocycles. The summed E-state index contributed by atoms with van der Waals surface area (Å²) in [6.07, 6.45) is 7.76. The normalized spacial score (nSPS) is 18.5. The van der Waals surface area contributed by atoms with Crippen LogP contribution in [0.1, 0.15) is 23.7 Å². The molecule has 0 radical (unpaired) electrons. The molecule has 0 aromatic carbocycles. The van der Waals surface area contributed by atoms with Gasteiger partial charge in [0.15, 0.2) is 0 Å². The van der Waals surface area contributed by atoms with E-state index in [1.54, 1.807) is 12.1 Å². The Bertz CT molecular complexity index is 518. The largest absolute Gasteiger partial charge is 0.379 e. The Morgan fingerprint density at radius 3 is 3.14 bits per heavy atom. The number of rotatable bonds is 7. The molecule has 22 heavy (non-hydrogen) atoms. The third-order valence-corrected chi connectivity index (χ3v) is 3.24. The second-order valence-electron chi connectivity index (χ2n) is 5.18. The van der Waals surface area contributed by atoms with E-state index < -0.39 is 0 Å². The summed E-state index contributed by atoms with van der Waals surface area (Å²) < 4.78 is 11.0. The predicted molar refractivity (Wildman–Crippen MR) is 83.7 cm³/mol. The molecule has 6 heteroatoms. The van der Waals surface area contributed by atoms with Gasteiger partial charge in [0, 0.05) is 18.8 Å². The van der Waals surface area contributed by atoms with Crippen molar-refractivity contribution in [2.45, 2.75) is 25.5 Å². The van der Waals surface area contributed by atoms with E-state index in [0.717, 1.165) is 13.0 Å². The van der Waals surface area contributed by atoms with Gasteiger partial charge in [-0.3, -0.25) is 4.79 Å². The summed E-state index contributed by atoms with van der Waals surface area (Å²) in [5, 5.41) is 5.83. The topological polar surface area (TPSA) is 72.5 Å². The predicted octanol–water partition coefficient (Wildman–Crippen LogP) is 1.05. The second-order valence-corrected chi connectivity index (χ2v) is 5.18. The lowest BCUT2D eigenvalue weighted by molar-refractivity contribution is 0.0395. The molecule has 0 bridgehead atoms. The third kappa shape index (κ3) is 5.02. The lowest BCUT2D eigenvalue weighted by Gasteiger charge is -2.17. The number of carbonyl (C=O) groups excluding carboxylic acids is 1. The molecule has 1 aromatic rings. The maximum Gasteiger partial charge on any atom is 0.253 e. The fourth-order valence-electron chi connectivity index (χ4n) is 2.07. The minimum Gasteiger partial charge on any atom is -0.379 e. The van der Waals surface area contributed by atoms with Crippen molar-refractivity contribution in [1.29, 1.82) is 0 Å². The van der Waals surface area contributed by atoms with Gasteiger partial charge in [0.25, 0.3) is 5.91 Å². The first kappa shape index (κ1) is 16.3. The van der Waals surface area contributed by atoms with Crippen LogP contribution in [0.15, 0.2) is 18.3 Å². The quantitative estimate of drug-likeness (QED) is 0.737. The average Bonchev–Trinajstić information content (AvgIpc) is 3.05. The molecular formula is C16H21N3O3. The van der Waals surface area contributed by atoms with Crippen LogP contribution in [0.5, 0.6) is 0 Å². The zero-order chi connectivity index (χ0) is 15.8. The van der Waals surface area contributed by atoms with Crippen LogP contribution in [0.2, 0.25) is 0 Å². The lowest BCUT2D eigenvalue weighted by atomic mass is 10.2. The Labute approximate surface area is 130 Å². The van der Waals surface area contributed by atoms with E-state index >= 15 is 0 Å². The highest BCUT2D eigenvalue weighted by atomic mass is 16.5. The molecule has 0 aliphatic carbocycles. The van der Waals surface area contributed by atoms with Gasteiger partial charge < -0.3 is 20.1 Å². The highest BCUT2D eigenvalue weighted by Crippen LogP contribution is 2.10. The van der Waals surface area contributed by atoms with Crippen LogP contribution in [0.3, 0.4) is 0 Å². The molecule has 2 rings (SSSR count). The van der Waals surface area contributed by atoms with Crippen molar-refractivity contribution in [1.82, 2.24) is 10.3 Å². The van der Waals surface area contributed by atoms with Gasteiger partial charge in [-0.1, -0.05) is 5.92 Å². The zero-order valence-corrected chi connectivity index (χ0v) is 12.7. The molecule has 0 spiro atoms. The number of hydrogen-bond donors (Lipinski definition) is 2. The molecule has 0 saturated carbocycles. The molecule has 1 fully saturated rings. The van der Waals surface area contributed by atoms with Crippen LogP contribution in [0, 0.1) is 12.3 Å². The fraction of sp³-hybridized carbons (Fsp3) is 0.500. The minimum atomic E-state index is -0.227. The van der Waals surface area contributed by atoms with E-state index in [1.165, 1.54) is 6.20 Å². The van der Waals surface area contributed by atoms with Crippen LogP contribution >= 0.6 is 0 Å². The molecular weight excluding hydrogens is 282 g/mol. The van der Waals surface area contributed by atoms with E-state index in [9.17, 15) is 4.79 Å². The van der Waals surface area contributed by atoms with Crippen molar-refractivity contribution < 1.29 is 14.3 Å². The minimum absolute atomic E-state index is 0.120. The first-order valence-electron chi connectivity index (χ1n) is 7.32. The number of ether oxygens (including phenoxy) is 2. The van der Waals surface area contributed by atoms with Crippen LogP contribution in [0.4, 0.5) is 5.82 Å². The van der Waals surface area contributed by atoms with Gasteiger partial charge in [0.1, 0.15) is 5.82 Å². The van der Waals surface area contributed by atoms with Crippen molar-refractivity contribution in [3.8, 4) is 12.3 Å². The van der Waals surface area contributed by atoms with Crippen LogP contribution in [-0.4, -0.2) is 49.4 Å². The number of nitrogens with one attached hydrogen (secondary N) is 2. The Balaban J connectivity index is 1.77. The first-order chi connectivity index (χ1) is 10.7. The summed E-state index contributed by atoms with van der Waals surface area (Å²) in [5.74, 6) is 2.83. The number of aromatic nitrogens is 1. The molecule has 2 heterocycles. The van der Waals surface area contributed by atoms with Gasteiger partial charge in [0.2, 0.25) is 0 Å². The number of anilines is 1. The number of hydrogen-bond acceptors (Lipinski definition) is 5. The molecule has 2 atom stereocenters. The summed E-state index contributed by atoms with van der Waals surface area (Å²) in [4.78, 5) is 15.9. The van der Waals surface area contributed by atoms with E-state index in [4.69, 9.17) is 15.9 Å². The number of pyridine rings is 1. The van der Waals surface area contributed by atoms with Crippen LogP contribution < -0.4 is 10.6 Å². The van der Waals surface area contributed by atoms with E-state index in [1.807, 2.05) is 6.92 Å². The number of carbonyl (C=O) groups is 1. The van der Waals surface area contributed by atoms with Crippen molar-refractivity contribution in [3.63, 3.8) is 0 Å². The van der Waals surface area contributed by atoms with E-state index in [-0.39, 0.29) is 24.6 Å². The summed E-state index contributed by atoms with van der Waals surface area (Å²) in [7, 11) is 0. The summed E-state index contributed by atoms with van der Waals surface area (Å²) in [6.45, 7) is 4.26. The van der Waals surface area contributed by atoms with Gasteiger partial charge in [-0.15, -0.1) is 6.42 Å². The SMILES string of the molecule is C#CCNC(=O)c1ccc(NC(C)COC2CCOC2)nc1. The Hall–Kier alpha value is -2.10. The van der Waals surface area contributed by atoms with Gasteiger partial charge in [-0.2, -0.15) is 0 Å². The van der Waals surface area contributed by atoms with E-state index in [0.29, 0.717) is 24.6 Å². The molecule has 2 N–H and O–H groups in total. The van der Waals surface area contributed by atoms with Crippen LogP contribution in [0.25, 0.3) is 0 Å². The Kier molecular flexibility index (Phi) is 6.19. The zero-order valence-electron chi connectivity index (χ0n) is 12.7. The average molecular weight is 303 g/mol. The highest BCUT2D eigenvalue weighted by molar-refractivity contribution is 5.94. The number of nitrogens with zero attached hydrogens (tertiary/aromatic N) is 1. The maximum absolute atomic E-state index is 11.7. The molecule has 1 saturated heterocycles. The molecule has 6 nitrogen and oxygen atoms in total. The third-order valence-electron chi connectivity index (χ3n) is 3.24. The second kappa shape index (κ2) is 8.37. The van der Waals surface area contributed by atoms with Crippen LogP contribution in [-0.2, 0) is 9.47 Å². The fourth-order valence-corrected chi connectivity index (χ4v) is 2.07. The standard InChI is InChI=1S/C16H21N3O3/c1-3-7-17-16(20)13-4-5-15(18-9-13)19-12(2)10-22-14-6-8-21-11-14/h1,4-5,9,12,14H,6-8,10-11H2,2H3,(H,17,20)(H,18,19). The maximum atomic E-state index is 11.7. The first-order valence-corrected chi connectivity index (χ1v) is 7.32. The van der Waals surface area contributed by atoms with Gasteiger partial charge >= 0.3 is 0 Å². The summed E-state index contributed by atoms with van der Waals surface area (Å²) in [6, 6.07) is 3.59. The Morgan fingerprint density at radius 1 is 1.64 bits per heavy atom. The number of terminal acetylenes is 1. The van der Waals surface area contributed by atoms with E-state index in [2.05, 4.69) is 21.5 Å². The molecule has 1 amide bonds. The highest BCUT2D eigenvalue weighted by Gasteiger charge is 2.17. The van der Waals surface area contributed by atoms with Gasteiger partial charge in [-0.25, -0.2) is 4.98 Å². The molecule has 1 aliphatic rings. The van der Waals surface area contributed by atoms with Gasteiger partial charge in [0.05, 0.1) is 31.4 Å². The lowest BCUT2D eigenvalue weighted by Crippen LogP contribution is -2.26. The monoisotopic (exact) mass is 303 g/mol. The molecule has 118 valence electrons.